The maximum atomic E-state index is 12.4. The van der Waals surface area contributed by atoms with Crippen LogP contribution in [-0.2, 0) is 25.4 Å². The average molecular weight is 349 g/mol. The fourth-order valence-corrected chi connectivity index (χ4v) is 3.03. The fourth-order valence-electron chi connectivity index (χ4n) is 3.03. The Morgan fingerprint density at radius 3 is 2.36 bits per heavy atom. The van der Waals surface area contributed by atoms with E-state index in [9.17, 15) is 14.4 Å². The smallest absolute Gasteiger partial charge is 0.332 e. The highest BCUT2D eigenvalue weighted by Gasteiger charge is 2.15. The number of imidazole rings is 1. The topological polar surface area (TPSA) is 82.1 Å². The van der Waals surface area contributed by atoms with E-state index in [4.69, 9.17) is 0 Å². The van der Waals surface area contributed by atoms with E-state index in [1.807, 2.05) is 4.90 Å². The third kappa shape index (κ3) is 3.83. The summed E-state index contributed by atoms with van der Waals surface area (Å²) in [6.07, 6.45) is 4.52. The maximum absolute atomic E-state index is 12.4. The fraction of sp³-hybridized carbons (Fsp3) is 0.647. The summed E-state index contributed by atoms with van der Waals surface area (Å²) in [7, 11) is 3.05. The first kappa shape index (κ1) is 19.0. The standard InChI is InChI=1S/C17H27N5O3/c1-5-9-21(10-6-2)13(23)8-7-11-22-12-18-15-14(22)16(24)20(4)17(25)19(15)3/h12H,5-11H2,1-4H3. The van der Waals surface area contributed by atoms with Gasteiger partial charge < -0.3 is 9.47 Å². The van der Waals surface area contributed by atoms with Crippen LogP contribution in [0.4, 0.5) is 0 Å². The molecule has 0 unspecified atom stereocenters. The molecule has 0 aliphatic rings. The predicted octanol–water partition coefficient (Wildman–Crippen LogP) is 0.863. The zero-order valence-corrected chi connectivity index (χ0v) is 15.5. The number of amides is 1. The van der Waals surface area contributed by atoms with Crippen LogP contribution >= 0.6 is 0 Å². The first-order valence-electron chi connectivity index (χ1n) is 8.80. The largest absolute Gasteiger partial charge is 0.343 e. The van der Waals surface area contributed by atoms with Crippen molar-refractivity contribution in [2.75, 3.05) is 13.1 Å². The van der Waals surface area contributed by atoms with Gasteiger partial charge in [0.1, 0.15) is 0 Å². The van der Waals surface area contributed by atoms with Crippen molar-refractivity contribution in [1.29, 1.82) is 0 Å². The first-order valence-corrected chi connectivity index (χ1v) is 8.80. The second-order valence-corrected chi connectivity index (χ2v) is 6.30. The Kier molecular flexibility index (Phi) is 6.17. The van der Waals surface area contributed by atoms with Gasteiger partial charge in [0, 0.05) is 40.2 Å². The van der Waals surface area contributed by atoms with Gasteiger partial charge in [-0.3, -0.25) is 18.7 Å². The molecule has 0 radical (unpaired) electrons. The van der Waals surface area contributed by atoms with Gasteiger partial charge in [-0.1, -0.05) is 13.8 Å². The summed E-state index contributed by atoms with van der Waals surface area (Å²) in [6.45, 7) is 6.20. The summed E-state index contributed by atoms with van der Waals surface area (Å²) in [5, 5.41) is 0. The molecule has 2 aromatic heterocycles. The lowest BCUT2D eigenvalue weighted by Gasteiger charge is -2.21. The molecule has 0 spiro atoms. The normalized spacial score (nSPS) is 11.2. The molecule has 0 fully saturated rings. The number of rotatable bonds is 8. The Bertz CT molecular complexity index is 856. The lowest BCUT2D eigenvalue weighted by Crippen LogP contribution is -2.37. The molecule has 8 heteroatoms. The minimum atomic E-state index is -0.396. The summed E-state index contributed by atoms with van der Waals surface area (Å²) in [5.74, 6) is 0.147. The Morgan fingerprint density at radius 1 is 1.12 bits per heavy atom. The van der Waals surface area contributed by atoms with Crippen LogP contribution in [0.3, 0.4) is 0 Å². The summed E-state index contributed by atoms with van der Waals surface area (Å²) >= 11 is 0. The monoisotopic (exact) mass is 349 g/mol. The van der Waals surface area contributed by atoms with E-state index in [0.29, 0.717) is 30.6 Å². The van der Waals surface area contributed by atoms with Crippen molar-refractivity contribution in [3.63, 3.8) is 0 Å². The van der Waals surface area contributed by atoms with Crippen molar-refractivity contribution in [2.45, 2.75) is 46.1 Å². The van der Waals surface area contributed by atoms with Gasteiger partial charge in [0.2, 0.25) is 5.91 Å². The second kappa shape index (κ2) is 8.13. The predicted molar refractivity (Wildman–Crippen MR) is 96.6 cm³/mol. The van der Waals surface area contributed by atoms with Crippen molar-refractivity contribution in [1.82, 2.24) is 23.6 Å². The van der Waals surface area contributed by atoms with Crippen molar-refractivity contribution in [2.24, 2.45) is 14.1 Å². The average Bonchev–Trinajstić information content (AvgIpc) is 3.02. The Balaban J connectivity index is 2.13. The van der Waals surface area contributed by atoms with Crippen LogP contribution in [0.5, 0.6) is 0 Å². The molecule has 0 aromatic carbocycles. The van der Waals surface area contributed by atoms with Gasteiger partial charge in [-0.05, 0) is 19.3 Å². The molecule has 138 valence electrons. The third-order valence-electron chi connectivity index (χ3n) is 4.35. The highest BCUT2D eigenvalue weighted by molar-refractivity contribution is 5.76. The molecule has 0 atom stereocenters. The number of aryl methyl sites for hydroxylation is 2. The van der Waals surface area contributed by atoms with Crippen molar-refractivity contribution < 1.29 is 4.79 Å². The summed E-state index contributed by atoms with van der Waals surface area (Å²) in [5.41, 5.74) is 0.0160. The quantitative estimate of drug-likeness (QED) is 0.708. The van der Waals surface area contributed by atoms with Crippen LogP contribution in [0.15, 0.2) is 15.9 Å². The van der Waals surface area contributed by atoms with Gasteiger partial charge in [0.05, 0.1) is 6.33 Å². The summed E-state index contributed by atoms with van der Waals surface area (Å²) in [4.78, 5) is 42.7. The number of aromatic nitrogens is 4. The third-order valence-corrected chi connectivity index (χ3v) is 4.35. The van der Waals surface area contributed by atoms with Gasteiger partial charge in [0.15, 0.2) is 11.2 Å². The number of hydrogen-bond donors (Lipinski definition) is 0. The minimum absolute atomic E-state index is 0.147. The van der Waals surface area contributed by atoms with Gasteiger partial charge in [-0.25, -0.2) is 9.78 Å². The lowest BCUT2D eigenvalue weighted by atomic mass is 10.2. The zero-order chi connectivity index (χ0) is 18.6. The molecule has 8 nitrogen and oxygen atoms in total. The van der Waals surface area contributed by atoms with Crippen LogP contribution < -0.4 is 11.2 Å². The Morgan fingerprint density at radius 2 is 1.76 bits per heavy atom. The lowest BCUT2D eigenvalue weighted by molar-refractivity contribution is -0.131. The number of fused-ring (bicyclic) bond motifs is 1. The number of carbonyl (C=O) groups excluding carboxylic acids is 1. The van der Waals surface area contributed by atoms with E-state index in [0.717, 1.165) is 30.5 Å². The molecule has 1 amide bonds. The maximum Gasteiger partial charge on any atom is 0.332 e. The van der Waals surface area contributed by atoms with Gasteiger partial charge in [0.25, 0.3) is 5.56 Å². The number of nitrogens with zero attached hydrogens (tertiary/aromatic N) is 5. The highest BCUT2D eigenvalue weighted by atomic mass is 16.2. The molecule has 0 saturated carbocycles. The zero-order valence-electron chi connectivity index (χ0n) is 15.5. The first-order chi connectivity index (χ1) is 11.9. The van der Waals surface area contributed by atoms with E-state index in [-0.39, 0.29) is 11.5 Å². The molecule has 0 bridgehead atoms. The number of carbonyl (C=O) groups is 1. The van der Waals surface area contributed by atoms with Gasteiger partial charge >= 0.3 is 5.69 Å². The van der Waals surface area contributed by atoms with Crippen molar-refractivity contribution >= 4 is 17.1 Å². The van der Waals surface area contributed by atoms with Crippen LogP contribution in [0.2, 0.25) is 0 Å². The molecule has 25 heavy (non-hydrogen) atoms. The van der Waals surface area contributed by atoms with E-state index in [2.05, 4.69) is 18.8 Å². The molecule has 0 N–H and O–H groups in total. The molecule has 2 rings (SSSR count). The van der Waals surface area contributed by atoms with Crippen LogP contribution in [0.1, 0.15) is 39.5 Å². The van der Waals surface area contributed by atoms with Gasteiger partial charge in [-0.2, -0.15) is 0 Å². The SMILES string of the molecule is CCCN(CCC)C(=O)CCCn1cnc2c1c(=O)n(C)c(=O)n2C. The van der Waals surface area contributed by atoms with Crippen molar-refractivity contribution in [3.05, 3.63) is 27.2 Å². The summed E-state index contributed by atoms with van der Waals surface area (Å²) < 4.78 is 4.17. The van der Waals surface area contributed by atoms with Crippen molar-refractivity contribution in [3.8, 4) is 0 Å². The molecule has 0 aliphatic carbocycles. The highest BCUT2D eigenvalue weighted by Crippen LogP contribution is 2.08. The summed E-state index contributed by atoms with van der Waals surface area (Å²) in [6, 6.07) is 0. The molecule has 2 aromatic rings. The molecular formula is C17H27N5O3. The van der Waals surface area contributed by atoms with E-state index >= 15 is 0 Å². The van der Waals surface area contributed by atoms with Gasteiger partial charge in [-0.15, -0.1) is 0 Å². The minimum Gasteiger partial charge on any atom is -0.343 e. The molecule has 0 saturated heterocycles. The van der Waals surface area contributed by atoms with E-state index in [1.165, 1.54) is 11.6 Å². The van der Waals surface area contributed by atoms with E-state index in [1.54, 1.807) is 17.9 Å². The van der Waals surface area contributed by atoms with Crippen LogP contribution in [-0.4, -0.2) is 42.6 Å². The molecule has 0 aliphatic heterocycles. The second-order valence-electron chi connectivity index (χ2n) is 6.30. The molecule has 2 heterocycles. The van der Waals surface area contributed by atoms with E-state index < -0.39 is 5.69 Å². The molecular weight excluding hydrogens is 322 g/mol. The number of hydrogen-bond acceptors (Lipinski definition) is 4. The van der Waals surface area contributed by atoms with Crippen LogP contribution in [0, 0.1) is 0 Å². The Labute approximate surface area is 146 Å². The Hall–Kier alpha value is -2.38. The van der Waals surface area contributed by atoms with Crippen LogP contribution in [0.25, 0.3) is 11.2 Å².